The standard InChI is InChI=1S/C22H29N3O2/c1-2-8-21(26)24-13-7-6-11-20(24)22-18-16-27-14-12-19(18)25(23-22)15-17-9-4-3-5-10-17/h3-5,9-10,20H,2,6-8,11-16H2,1H3. The van der Waals surface area contributed by atoms with Gasteiger partial charge in [0.2, 0.25) is 5.91 Å². The second-order valence-electron chi connectivity index (χ2n) is 7.61. The number of piperidine rings is 1. The second-order valence-corrected chi connectivity index (χ2v) is 7.61. The van der Waals surface area contributed by atoms with Gasteiger partial charge in [0.25, 0.3) is 0 Å². The van der Waals surface area contributed by atoms with E-state index in [-0.39, 0.29) is 11.9 Å². The first-order valence-corrected chi connectivity index (χ1v) is 10.3. The van der Waals surface area contributed by atoms with Crippen LogP contribution < -0.4 is 0 Å². The summed E-state index contributed by atoms with van der Waals surface area (Å²) in [6.07, 6.45) is 5.66. The van der Waals surface area contributed by atoms with Crippen molar-refractivity contribution in [3.63, 3.8) is 0 Å². The highest BCUT2D eigenvalue weighted by Crippen LogP contribution is 2.35. The van der Waals surface area contributed by atoms with E-state index < -0.39 is 0 Å². The smallest absolute Gasteiger partial charge is 0.223 e. The van der Waals surface area contributed by atoms with E-state index in [4.69, 9.17) is 9.84 Å². The highest BCUT2D eigenvalue weighted by molar-refractivity contribution is 5.76. The summed E-state index contributed by atoms with van der Waals surface area (Å²) in [6.45, 7) is 5.06. The number of ether oxygens (including phenoxy) is 1. The number of benzene rings is 1. The molecule has 3 heterocycles. The van der Waals surface area contributed by atoms with E-state index in [0.717, 1.165) is 57.5 Å². The first-order valence-electron chi connectivity index (χ1n) is 10.3. The van der Waals surface area contributed by atoms with E-state index >= 15 is 0 Å². The average Bonchev–Trinajstić information content (AvgIpc) is 3.07. The zero-order chi connectivity index (χ0) is 18.6. The van der Waals surface area contributed by atoms with Gasteiger partial charge in [-0.3, -0.25) is 9.48 Å². The molecule has 0 spiro atoms. The Bertz CT molecular complexity index is 784. The zero-order valence-electron chi connectivity index (χ0n) is 16.2. The molecule has 2 aromatic rings. The Morgan fingerprint density at radius 2 is 2.11 bits per heavy atom. The first kappa shape index (κ1) is 18.2. The third-order valence-corrected chi connectivity index (χ3v) is 5.70. The van der Waals surface area contributed by atoms with E-state index in [2.05, 4.69) is 40.8 Å². The van der Waals surface area contributed by atoms with Gasteiger partial charge >= 0.3 is 0 Å². The predicted octanol–water partition coefficient (Wildman–Crippen LogP) is 3.86. The van der Waals surface area contributed by atoms with Crippen molar-refractivity contribution < 1.29 is 9.53 Å². The topological polar surface area (TPSA) is 47.4 Å². The van der Waals surface area contributed by atoms with Gasteiger partial charge in [-0.25, -0.2) is 0 Å². The van der Waals surface area contributed by atoms with Crippen molar-refractivity contribution in [2.75, 3.05) is 13.2 Å². The molecule has 0 bridgehead atoms. The maximum atomic E-state index is 12.7. The Kier molecular flexibility index (Phi) is 5.58. The molecule has 2 aliphatic rings. The van der Waals surface area contributed by atoms with Gasteiger partial charge in [-0.05, 0) is 31.2 Å². The van der Waals surface area contributed by atoms with Crippen LogP contribution >= 0.6 is 0 Å². The number of hydrogen-bond donors (Lipinski definition) is 0. The minimum Gasteiger partial charge on any atom is -0.376 e. The van der Waals surface area contributed by atoms with Gasteiger partial charge in [-0.15, -0.1) is 0 Å². The van der Waals surface area contributed by atoms with Crippen molar-refractivity contribution >= 4 is 5.91 Å². The van der Waals surface area contributed by atoms with E-state index in [1.165, 1.54) is 16.8 Å². The van der Waals surface area contributed by atoms with Crippen molar-refractivity contribution in [1.82, 2.24) is 14.7 Å². The van der Waals surface area contributed by atoms with Gasteiger partial charge in [0.15, 0.2) is 0 Å². The van der Waals surface area contributed by atoms with Gasteiger partial charge in [0.05, 0.1) is 31.5 Å². The molecule has 4 rings (SSSR count). The predicted molar refractivity (Wildman–Crippen MR) is 104 cm³/mol. The van der Waals surface area contributed by atoms with Crippen LogP contribution in [0, 0.1) is 0 Å². The maximum Gasteiger partial charge on any atom is 0.223 e. The van der Waals surface area contributed by atoms with Gasteiger partial charge in [-0.2, -0.15) is 5.10 Å². The van der Waals surface area contributed by atoms with Crippen LogP contribution in [0.2, 0.25) is 0 Å². The van der Waals surface area contributed by atoms with E-state index in [9.17, 15) is 4.79 Å². The van der Waals surface area contributed by atoms with Crippen molar-refractivity contribution in [1.29, 1.82) is 0 Å². The van der Waals surface area contributed by atoms with Crippen LogP contribution in [-0.2, 0) is 29.1 Å². The number of nitrogens with zero attached hydrogens (tertiary/aromatic N) is 3. The number of amides is 1. The van der Waals surface area contributed by atoms with Gasteiger partial charge in [0.1, 0.15) is 0 Å². The third-order valence-electron chi connectivity index (χ3n) is 5.70. The highest BCUT2D eigenvalue weighted by atomic mass is 16.5. The Labute approximate surface area is 161 Å². The SMILES string of the molecule is CCCC(=O)N1CCCCC1c1nn(Cc2ccccc2)c2c1COCC2. The fraction of sp³-hybridized carbons (Fsp3) is 0.545. The molecular formula is C22H29N3O2. The van der Waals surface area contributed by atoms with Crippen LogP contribution in [0.25, 0.3) is 0 Å². The molecule has 2 aliphatic heterocycles. The van der Waals surface area contributed by atoms with Crippen molar-refractivity contribution in [3.8, 4) is 0 Å². The lowest BCUT2D eigenvalue weighted by atomic mass is 9.95. The molecule has 0 radical (unpaired) electrons. The summed E-state index contributed by atoms with van der Waals surface area (Å²) < 4.78 is 7.93. The molecule has 1 aromatic heterocycles. The third kappa shape index (κ3) is 3.79. The van der Waals surface area contributed by atoms with Crippen molar-refractivity contribution in [3.05, 3.63) is 52.8 Å². The van der Waals surface area contributed by atoms with Crippen LogP contribution in [0.1, 0.15) is 67.6 Å². The summed E-state index contributed by atoms with van der Waals surface area (Å²) in [5.74, 6) is 0.269. The lowest BCUT2D eigenvalue weighted by Gasteiger charge is -2.35. The molecule has 1 unspecified atom stereocenters. The number of fused-ring (bicyclic) bond motifs is 1. The second kappa shape index (κ2) is 8.26. The van der Waals surface area contributed by atoms with Crippen molar-refractivity contribution in [2.45, 2.75) is 64.6 Å². The Balaban J connectivity index is 1.68. The van der Waals surface area contributed by atoms with Crippen LogP contribution in [-0.4, -0.2) is 33.7 Å². The molecule has 1 saturated heterocycles. The lowest BCUT2D eigenvalue weighted by molar-refractivity contribution is -0.135. The fourth-order valence-corrected chi connectivity index (χ4v) is 4.36. The number of likely N-dealkylation sites (tertiary alicyclic amines) is 1. The molecular weight excluding hydrogens is 338 g/mol. The molecule has 0 saturated carbocycles. The number of carbonyl (C=O) groups is 1. The molecule has 144 valence electrons. The number of hydrogen-bond acceptors (Lipinski definition) is 3. The molecule has 1 fully saturated rings. The molecule has 27 heavy (non-hydrogen) atoms. The average molecular weight is 367 g/mol. The summed E-state index contributed by atoms with van der Waals surface area (Å²) in [7, 11) is 0. The summed E-state index contributed by atoms with van der Waals surface area (Å²) in [4.78, 5) is 14.8. The zero-order valence-corrected chi connectivity index (χ0v) is 16.2. The van der Waals surface area contributed by atoms with Gasteiger partial charge in [-0.1, -0.05) is 37.3 Å². The number of rotatable bonds is 5. The molecule has 1 atom stereocenters. The highest BCUT2D eigenvalue weighted by Gasteiger charge is 2.33. The van der Waals surface area contributed by atoms with Crippen LogP contribution in [0.5, 0.6) is 0 Å². The first-order chi connectivity index (χ1) is 13.3. The summed E-state index contributed by atoms with van der Waals surface area (Å²) in [6, 6.07) is 10.6. The largest absolute Gasteiger partial charge is 0.376 e. The number of aromatic nitrogens is 2. The maximum absolute atomic E-state index is 12.7. The quantitative estimate of drug-likeness (QED) is 0.806. The molecule has 1 aromatic carbocycles. The summed E-state index contributed by atoms with van der Waals surface area (Å²) in [5, 5.41) is 5.05. The van der Waals surface area contributed by atoms with Crippen LogP contribution in [0.4, 0.5) is 0 Å². The normalized spacial score (nSPS) is 19.7. The minimum absolute atomic E-state index is 0.102. The Morgan fingerprint density at radius 1 is 1.26 bits per heavy atom. The summed E-state index contributed by atoms with van der Waals surface area (Å²) in [5.41, 5.74) is 4.83. The summed E-state index contributed by atoms with van der Waals surface area (Å²) >= 11 is 0. The van der Waals surface area contributed by atoms with Gasteiger partial charge in [0, 0.05) is 30.6 Å². The monoisotopic (exact) mass is 367 g/mol. The van der Waals surface area contributed by atoms with E-state index in [1.54, 1.807) is 0 Å². The Hall–Kier alpha value is -2.14. The lowest BCUT2D eigenvalue weighted by Crippen LogP contribution is -2.39. The minimum atomic E-state index is 0.102. The van der Waals surface area contributed by atoms with Crippen molar-refractivity contribution in [2.24, 2.45) is 0 Å². The number of carbonyl (C=O) groups excluding carboxylic acids is 1. The van der Waals surface area contributed by atoms with Crippen LogP contribution in [0.15, 0.2) is 30.3 Å². The van der Waals surface area contributed by atoms with E-state index in [0.29, 0.717) is 13.0 Å². The fourth-order valence-electron chi connectivity index (χ4n) is 4.36. The van der Waals surface area contributed by atoms with Gasteiger partial charge < -0.3 is 9.64 Å². The van der Waals surface area contributed by atoms with Crippen LogP contribution in [0.3, 0.4) is 0 Å². The molecule has 1 amide bonds. The molecule has 0 N–H and O–H groups in total. The van der Waals surface area contributed by atoms with E-state index in [1.807, 2.05) is 6.07 Å². The molecule has 5 nitrogen and oxygen atoms in total. The Morgan fingerprint density at radius 3 is 2.93 bits per heavy atom. The molecule has 5 heteroatoms. The molecule has 0 aliphatic carbocycles.